The van der Waals surface area contributed by atoms with Gasteiger partial charge in [0.1, 0.15) is 0 Å². The first-order chi connectivity index (χ1) is 9.97. The molecule has 0 unspecified atom stereocenters. The van der Waals surface area contributed by atoms with E-state index in [-0.39, 0.29) is 5.41 Å². The largest absolute Gasteiger partial charge is 0.363 e. The molecule has 1 aromatic rings. The van der Waals surface area contributed by atoms with Crippen LogP contribution in [0.1, 0.15) is 45.7 Å². The lowest BCUT2D eigenvalue weighted by atomic mass is 9.82. The Kier molecular flexibility index (Phi) is 5.11. The van der Waals surface area contributed by atoms with Crippen molar-refractivity contribution in [3.05, 3.63) is 18.0 Å². The third-order valence-corrected chi connectivity index (χ3v) is 6.65. The van der Waals surface area contributed by atoms with E-state index in [1.54, 1.807) is 16.6 Å². The minimum atomic E-state index is -3.36. The molecule has 1 aromatic heterocycles. The first-order valence-corrected chi connectivity index (χ1v) is 9.29. The summed E-state index contributed by atoms with van der Waals surface area (Å²) in [7, 11) is -3.36. The van der Waals surface area contributed by atoms with Crippen molar-refractivity contribution in [1.29, 1.82) is 0 Å². The summed E-state index contributed by atoms with van der Waals surface area (Å²) in [6.45, 7) is 9.16. The van der Waals surface area contributed by atoms with Crippen molar-refractivity contribution in [3.8, 4) is 0 Å². The Bertz CT molecular complexity index is 561. The number of aromatic amines is 1. The highest BCUT2D eigenvalue weighted by Crippen LogP contribution is 2.39. The first kappa shape index (κ1) is 16.5. The molecule has 0 aromatic carbocycles. The van der Waals surface area contributed by atoms with E-state index < -0.39 is 10.0 Å². The van der Waals surface area contributed by atoms with Crippen LogP contribution in [0.4, 0.5) is 0 Å². The molecule has 2 rings (SSSR count). The van der Waals surface area contributed by atoms with E-state index in [0.29, 0.717) is 24.5 Å². The van der Waals surface area contributed by atoms with Gasteiger partial charge in [-0.05, 0) is 37.3 Å². The fraction of sp³-hybridized carbons (Fsp3) is 0.733. The van der Waals surface area contributed by atoms with Crippen molar-refractivity contribution in [3.63, 3.8) is 0 Å². The van der Waals surface area contributed by atoms with Gasteiger partial charge in [0.25, 0.3) is 0 Å². The van der Waals surface area contributed by atoms with E-state index in [4.69, 9.17) is 0 Å². The average molecular weight is 313 g/mol. The molecular formula is C15H27N3O2S. The summed E-state index contributed by atoms with van der Waals surface area (Å²) in [6.07, 6.45) is 4.65. The van der Waals surface area contributed by atoms with E-state index in [9.17, 15) is 8.42 Å². The van der Waals surface area contributed by atoms with Gasteiger partial charge >= 0.3 is 0 Å². The van der Waals surface area contributed by atoms with E-state index >= 15 is 0 Å². The second kappa shape index (κ2) is 6.50. The molecule has 1 saturated heterocycles. The maximum atomic E-state index is 12.7. The maximum absolute atomic E-state index is 12.7. The quantitative estimate of drug-likeness (QED) is 0.812. The van der Waals surface area contributed by atoms with Crippen LogP contribution in [0.3, 0.4) is 0 Å². The summed E-state index contributed by atoms with van der Waals surface area (Å²) in [4.78, 5) is 3.44. The number of nitrogens with one attached hydrogen (secondary N) is 2. The van der Waals surface area contributed by atoms with Crippen LogP contribution in [-0.2, 0) is 16.6 Å². The van der Waals surface area contributed by atoms with E-state index in [1.165, 1.54) is 0 Å². The van der Waals surface area contributed by atoms with E-state index in [0.717, 1.165) is 31.5 Å². The molecule has 2 N–H and O–H groups in total. The monoisotopic (exact) mass is 313 g/mol. The van der Waals surface area contributed by atoms with Gasteiger partial charge < -0.3 is 10.3 Å². The number of aromatic nitrogens is 1. The minimum absolute atomic E-state index is 0.163. The van der Waals surface area contributed by atoms with Crippen molar-refractivity contribution in [2.24, 2.45) is 5.41 Å². The molecular weight excluding hydrogens is 286 g/mol. The van der Waals surface area contributed by atoms with Crippen LogP contribution in [0.2, 0.25) is 0 Å². The van der Waals surface area contributed by atoms with Crippen molar-refractivity contribution in [2.45, 2.75) is 51.5 Å². The number of rotatable bonds is 7. The molecule has 0 saturated carbocycles. The summed E-state index contributed by atoms with van der Waals surface area (Å²) in [5.41, 5.74) is 1.07. The molecule has 6 heteroatoms. The van der Waals surface area contributed by atoms with E-state index in [2.05, 4.69) is 24.1 Å². The Morgan fingerprint density at radius 2 is 2.05 bits per heavy atom. The van der Waals surface area contributed by atoms with Crippen LogP contribution in [-0.4, -0.2) is 37.3 Å². The summed E-state index contributed by atoms with van der Waals surface area (Å²) in [5, 5.41) is 3.19. The van der Waals surface area contributed by atoms with Gasteiger partial charge in [0, 0.05) is 31.5 Å². The maximum Gasteiger partial charge on any atom is 0.244 e. The second-order valence-electron chi connectivity index (χ2n) is 5.94. The zero-order chi connectivity index (χ0) is 15.5. The lowest BCUT2D eigenvalue weighted by Gasteiger charge is -2.26. The predicted octanol–water partition coefficient (Wildman–Crippen LogP) is 2.32. The molecule has 1 fully saturated rings. The number of nitrogens with zero attached hydrogens (tertiary/aromatic N) is 1. The molecule has 21 heavy (non-hydrogen) atoms. The molecule has 0 aliphatic carbocycles. The first-order valence-electron chi connectivity index (χ1n) is 7.85. The number of hydrogen-bond donors (Lipinski definition) is 2. The van der Waals surface area contributed by atoms with E-state index in [1.807, 2.05) is 6.92 Å². The fourth-order valence-corrected chi connectivity index (χ4v) is 4.58. The molecule has 0 amide bonds. The standard InChI is InChI=1S/C15H27N3O2S/c1-4-15(5-2)7-8-18(12-15)21(19,20)14-9-13(17-11-14)10-16-6-3/h9,11,16-17H,4-8,10,12H2,1-3H3. The van der Waals surface area contributed by atoms with Crippen LogP contribution in [0, 0.1) is 5.41 Å². The van der Waals surface area contributed by atoms with Gasteiger partial charge in [0.2, 0.25) is 10.0 Å². The molecule has 1 aliphatic heterocycles. The summed E-state index contributed by atoms with van der Waals surface area (Å²) in [5.74, 6) is 0. The molecule has 1 aliphatic rings. The van der Waals surface area contributed by atoms with Crippen molar-refractivity contribution < 1.29 is 8.42 Å². The fourth-order valence-electron chi connectivity index (χ4n) is 3.01. The molecule has 5 nitrogen and oxygen atoms in total. The second-order valence-corrected chi connectivity index (χ2v) is 7.87. The SMILES string of the molecule is CCNCc1cc(S(=O)(=O)N2CCC(CC)(CC)C2)c[nH]1. The summed E-state index contributed by atoms with van der Waals surface area (Å²) >= 11 is 0. The van der Waals surface area contributed by atoms with Crippen LogP contribution < -0.4 is 5.32 Å². The van der Waals surface area contributed by atoms with Crippen molar-refractivity contribution in [2.75, 3.05) is 19.6 Å². The van der Waals surface area contributed by atoms with Gasteiger partial charge in [-0.1, -0.05) is 20.8 Å². The summed E-state index contributed by atoms with van der Waals surface area (Å²) < 4.78 is 27.1. The van der Waals surface area contributed by atoms with Crippen molar-refractivity contribution in [1.82, 2.24) is 14.6 Å². The van der Waals surface area contributed by atoms with Crippen LogP contribution in [0.5, 0.6) is 0 Å². The smallest absolute Gasteiger partial charge is 0.244 e. The Morgan fingerprint density at radius 1 is 1.33 bits per heavy atom. The highest BCUT2D eigenvalue weighted by molar-refractivity contribution is 7.89. The lowest BCUT2D eigenvalue weighted by molar-refractivity contribution is 0.279. The lowest BCUT2D eigenvalue weighted by Crippen LogP contribution is -2.31. The van der Waals surface area contributed by atoms with Crippen LogP contribution in [0.15, 0.2) is 17.2 Å². The Morgan fingerprint density at radius 3 is 2.62 bits per heavy atom. The van der Waals surface area contributed by atoms with Gasteiger partial charge in [0.15, 0.2) is 0 Å². The zero-order valence-corrected chi connectivity index (χ0v) is 14.1. The molecule has 0 spiro atoms. The molecule has 120 valence electrons. The molecule has 2 heterocycles. The minimum Gasteiger partial charge on any atom is -0.363 e. The zero-order valence-electron chi connectivity index (χ0n) is 13.3. The number of hydrogen-bond acceptors (Lipinski definition) is 3. The van der Waals surface area contributed by atoms with Crippen LogP contribution in [0.25, 0.3) is 0 Å². The van der Waals surface area contributed by atoms with Gasteiger partial charge in [-0.25, -0.2) is 8.42 Å². The molecule has 0 bridgehead atoms. The topological polar surface area (TPSA) is 65.2 Å². The third kappa shape index (κ3) is 3.33. The van der Waals surface area contributed by atoms with Crippen molar-refractivity contribution >= 4 is 10.0 Å². The Hall–Kier alpha value is -0.850. The Balaban J connectivity index is 2.14. The van der Waals surface area contributed by atoms with Gasteiger partial charge in [-0.2, -0.15) is 4.31 Å². The highest BCUT2D eigenvalue weighted by Gasteiger charge is 2.40. The Labute approximate surface area is 128 Å². The van der Waals surface area contributed by atoms with Gasteiger partial charge in [-0.15, -0.1) is 0 Å². The number of H-pyrrole nitrogens is 1. The van der Waals surface area contributed by atoms with Gasteiger partial charge in [-0.3, -0.25) is 0 Å². The predicted molar refractivity (Wildman–Crippen MR) is 84.6 cm³/mol. The third-order valence-electron chi connectivity index (χ3n) is 4.82. The molecule has 0 radical (unpaired) electrons. The summed E-state index contributed by atoms with van der Waals surface area (Å²) in [6, 6.07) is 1.75. The number of sulfonamides is 1. The average Bonchev–Trinajstić information content (AvgIpc) is 3.13. The highest BCUT2D eigenvalue weighted by atomic mass is 32.2. The normalized spacial score (nSPS) is 19.2. The van der Waals surface area contributed by atoms with Gasteiger partial charge in [0.05, 0.1) is 4.90 Å². The van der Waals surface area contributed by atoms with Crippen LogP contribution >= 0.6 is 0 Å². The molecule has 0 atom stereocenters.